The third-order valence-corrected chi connectivity index (χ3v) is 3.74. The van der Waals surface area contributed by atoms with Gasteiger partial charge < -0.3 is 11.1 Å². The lowest BCUT2D eigenvalue weighted by atomic mass is 10.2. The van der Waals surface area contributed by atoms with Gasteiger partial charge in [0, 0.05) is 9.75 Å². The number of rotatable bonds is 5. The Kier molecular flexibility index (Phi) is 4.96. The summed E-state index contributed by atoms with van der Waals surface area (Å²) in [5.74, 6) is -0.0504. The predicted molar refractivity (Wildman–Crippen MR) is 68.5 cm³/mol. The Morgan fingerprint density at radius 3 is 2.75 bits per heavy atom. The molecule has 0 aliphatic rings. The average molecular weight is 240 g/mol. The Hall–Kier alpha value is -0.870. The highest BCUT2D eigenvalue weighted by molar-refractivity contribution is 7.12. The highest BCUT2D eigenvalue weighted by Crippen LogP contribution is 2.20. The number of carbonyl (C=O) groups excluding carboxylic acids is 1. The lowest BCUT2D eigenvalue weighted by Crippen LogP contribution is -2.39. The zero-order valence-electron chi connectivity index (χ0n) is 10.2. The lowest BCUT2D eigenvalue weighted by molar-refractivity contribution is -0.122. The van der Waals surface area contributed by atoms with Crippen molar-refractivity contribution in [2.45, 2.75) is 46.2 Å². The molecule has 1 aromatic heterocycles. The topological polar surface area (TPSA) is 55.1 Å². The Balaban J connectivity index is 2.42. The Morgan fingerprint density at radius 1 is 1.56 bits per heavy atom. The van der Waals surface area contributed by atoms with Gasteiger partial charge in [-0.3, -0.25) is 4.79 Å². The molecule has 0 aliphatic carbocycles. The van der Waals surface area contributed by atoms with Gasteiger partial charge in [0.15, 0.2) is 0 Å². The van der Waals surface area contributed by atoms with E-state index in [1.54, 1.807) is 11.3 Å². The molecule has 1 unspecified atom stereocenters. The zero-order chi connectivity index (χ0) is 12.1. The van der Waals surface area contributed by atoms with Crippen LogP contribution in [0, 0.1) is 13.8 Å². The number of hydrogen-bond donors (Lipinski definition) is 2. The molecule has 3 nitrogen and oxygen atoms in total. The number of nitrogens with one attached hydrogen (secondary N) is 1. The maximum absolute atomic E-state index is 11.6. The fourth-order valence-electron chi connectivity index (χ4n) is 1.48. The molecule has 1 amide bonds. The monoisotopic (exact) mass is 240 g/mol. The van der Waals surface area contributed by atoms with Gasteiger partial charge >= 0.3 is 0 Å². The van der Waals surface area contributed by atoms with Crippen molar-refractivity contribution >= 4 is 17.2 Å². The van der Waals surface area contributed by atoms with E-state index in [9.17, 15) is 4.79 Å². The minimum absolute atomic E-state index is 0.0504. The molecule has 1 heterocycles. The third kappa shape index (κ3) is 3.61. The molecule has 0 fully saturated rings. The van der Waals surface area contributed by atoms with Crippen molar-refractivity contribution < 1.29 is 4.79 Å². The zero-order valence-corrected chi connectivity index (χ0v) is 11.0. The van der Waals surface area contributed by atoms with E-state index in [1.165, 1.54) is 15.3 Å². The van der Waals surface area contributed by atoms with Crippen LogP contribution < -0.4 is 11.1 Å². The van der Waals surface area contributed by atoms with Crippen LogP contribution in [-0.4, -0.2) is 11.9 Å². The van der Waals surface area contributed by atoms with Gasteiger partial charge in [-0.15, -0.1) is 11.3 Å². The van der Waals surface area contributed by atoms with E-state index < -0.39 is 0 Å². The predicted octanol–water partition coefficient (Wildman–Crippen LogP) is 2.11. The van der Waals surface area contributed by atoms with E-state index in [0.29, 0.717) is 6.54 Å². The van der Waals surface area contributed by atoms with Crippen LogP contribution in [-0.2, 0) is 11.3 Å². The second-order valence-corrected chi connectivity index (χ2v) is 5.41. The van der Waals surface area contributed by atoms with Crippen molar-refractivity contribution in [1.29, 1.82) is 0 Å². The van der Waals surface area contributed by atoms with Crippen molar-refractivity contribution in [1.82, 2.24) is 5.32 Å². The van der Waals surface area contributed by atoms with Crippen LogP contribution >= 0.6 is 11.3 Å². The SMILES string of the molecule is CCCC(N)C(=O)NCc1cc(C)c(C)s1. The van der Waals surface area contributed by atoms with E-state index in [-0.39, 0.29) is 11.9 Å². The van der Waals surface area contributed by atoms with Crippen molar-refractivity contribution in [2.75, 3.05) is 0 Å². The Morgan fingerprint density at radius 2 is 2.25 bits per heavy atom. The number of carbonyl (C=O) groups is 1. The lowest BCUT2D eigenvalue weighted by Gasteiger charge is -2.10. The molecule has 0 saturated carbocycles. The molecule has 0 saturated heterocycles. The van der Waals surface area contributed by atoms with E-state index in [0.717, 1.165) is 12.8 Å². The summed E-state index contributed by atoms with van der Waals surface area (Å²) in [7, 11) is 0. The minimum atomic E-state index is -0.368. The molecular weight excluding hydrogens is 220 g/mol. The first kappa shape index (κ1) is 13.2. The van der Waals surface area contributed by atoms with E-state index in [1.807, 2.05) is 6.92 Å². The van der Waals surface area contributed by atoms with Crippen LogP contribution in [0.25, 0.3) is 0 Å². The van der Waals surface area contributed by atoms with Gasteiger partial charge in [0.05, 0.1) is 12.6 Å². The van der Waals surface area contributed by atoms with E-state index in [4.69, 9.17) is 5.73 Å². The standard InChI is InChI=1S/C12H20N2OS/c1-4-5-11(13)12(15)14-7-10-6-8(2)9(3)16-10/h6,11H,4-5,7,13H2,1-3H3,(H,14,15). The smallest absolute Gasteiger partial charge is 0.237 e. The number of thiophene rings is 1. The molecule has 0 radical (unpaired) electrons. The third-order valence-electron chi connectivity index (χ3n) is 2.59. The quantitative estimate of drug-likeness (QED) is 0.828. The Bertz CT molecular complexity index is 340. The second kappa shape index (κ2) is 6.01. The molecule has 0 spiro atoms. The summed E-state index contributed by atoms with van der Waals surface area (Å²) in [4.78, 5) is 14.1. The van der Waals surface area contributed by atoms with Crippen molar-refractivity contribution in [3.05, 3.63) is 21.4 Å². The molecule has 1 rings (SSSR count). The number of hydrogen-bond acceptors (Lipinski definition) is 3. The summed E-state index contributed by atoms with van der Waals surface area (Å²) in [5, 5.41) is 2.87. The Labute approximate surface area is 101 Å². The van der Waals surface area contributed by atoms with Gasteiger partial charge in [-0.2, -0.15) is 0 Å². The van der Waals surface area contributed by atoms with E-state index >= 15 is 0 Å². The first-order valence-corrected chi connectivity index (χ1v) is 6.45. The number of aryl methyl sites for hydroxylation is 2. The second-order valence-electron chi connectivity index (χ2n) is 4.06. The largest absolute Gasteiger partial charge is 0.350 e. The molecule has 0 bridgehead atoms. The molecule has 3 N–H and O–H groups in total. The molecule has 1 atom stereocenters. The highest BCUT2D eigenvalue weighted by Gasteiger charge is 2.12. The summed E-state index contributed by atoms with van der Waals surface area (Å²) < 4.78 is 0. The van der Waals surface area contributed by atoms with Crippen LogP contribution in [0.1, 0.15) is 35.1 Å². The molecule has 90 valence electrons. The van der Waals surface area contributed by atoms with Crippen LogP contribution in [0.4, 0.5) is 0 Å². The fraction of sp³-hybridized carbons (Fsp3) is 0.583. The molecule has 1 aromatic rings. The maximum Gasteiger partial charge on any atom is 0.237 e. The number of nitrogens with two attached hydrogens (primary N) is 1. The van der Waals surface area contributed by atoms with Crippen molar-refractivity contribution in [2.24, 2.45) is 5.73 Å². The van der Waals surface area contributed by atoms with E-state index in [2.05, 4.69) is 25.2 Å². The summed E-state index contributed by atoms with van der Waals surface area (Å²) in [5.41, 5.74) is 7.00. The molecule has 16 heavy (non-hydrogen) atoms. The number of amides is 1. The van der Waals surface area contributed by atoms with Gasteiger partial charge in [0.25, 0.3) is 0 Å². The van der Waals surface area contributed by atoms with Gasteiger partial charge in [-0.25, -0.2) is 0 Å². The van der Waals surface area contributed by atoms with Crippen LogP contribution in [0.2, 0.25) is 0 Å². The summed E-state index contributed by atoms with van der Waals surface area (Å²) in [6.07, 6.45) is 1.68. The summed E-state index contributed by atoms with van der Waals surface area (Å²) in [6.45, 7) is 6.79. The fourth-order valence-corrected chi connectivity index (χ4v) is 2.48. The molecule has 0 aromatic carbocycles. The van der Waals surface area contributed by atoms with Crippen LogP contribution in [0.15, 0.2) is 6.07 Å². The maximum atomic E-state index is 11.6. The minimum Gasteiger partial charge on any atom is -0.350 e. The van der Waals surface area contributed by atoms with Gasteiger partial charge in [-0.1, -0.05) is 13.3 Å². The van der Waals surface area contributed by atoms with Crippen LogP contribution in [0.3, 0.4) is 0 Å². The normalized spacial score (nSPS) is 12.5. The molecule has 4 heteroatoms. The van der Waals surface area contributed by atoms with Gasteiger partial charge in [0.2, 0.25) is 5.91 Å². The van der Waals surface area contributed by atoms with Gasteiger partial charge in [-0.05, 0) is 31.9 Å². The first-order valence-electron chi connectivity index (χ1n) is 5.63. The van der Waals surface area contributed by atoms with Crippen molar-refractivity contribution in [3.8, 4) is 0 Å². The molecular formula is C12H20N2OS. The van der Waals surface area contributed by atoms with Crippen molar-refractivity contribution in [3.63, 3.8) is 0 Å². The van der Waals surface area contributed by atoms with Gasteiger partial charge in [0.1, 0.15) is 0 Å². The highest BCUT2D eigenvalue weighted by atomic mass is 32.1. The average Bonchev–Trinajstić information content (AvgIpc) is 2.55. The van der Waals surface area contributed by atoms with Crippen LogP contribution in [0.5, 0.6) is 0 Å². The molecule has 0 aliphatic heterocycles. The summed E-state index contributed by atoms with van der Waals surface area (Å²) >= 11 is 1.73. The first-order chi connectivity index (χ1) is 7.54. The summed E-state index contributed by atoms with van der Waals surface area (Å²) in [6, 6.07) is 1.75.